The van der Waals surface area contributed by atoms with Gasteiger partial charge in [-0.2, -0.15) is 0 Å². The summed E-state index contributed by atoms with van der Waals surface area (Å²) >= 11 is 0. The van der Waals surface area contributed by atoms with Gasteiger partial charge in [0.15, 0.2) is 0 Å². The molecule has 0 aromatic rings. The molecule has 4 fully saturated rings. The van der Waals surface area contributed by atoms with E-state index in [1.807, 2.05) is 7.11 Å². The highest BCUT2D eigenvalue weighted by molar-refractivity contribution is 5.77. The number of hydrogen-bond acceptors (Lipinski definition) is 2. The molecule has 1 N–H and O–H groups in total. The van der Waals surface area contributed by atoms with Crippen LogP contribution in [0.4, 0.5) is 0 Å². The fourth-order valence-electron chi connectivity index (χ4n) is 7.75. The minimum Gasteiger partial charge on any atom is -0.379 e. The van der Waals surface area contributed by atoms with Gasteiger partial charge in [0, 0.05) is 13.5 Å². The summed E-state index contributed by atoms with van der Waals surface area (Å²) in [5.41, 5.74) is 0.849. The monoisotopic (exact) mass is 333 g/mol. The van der Waals surface area contributed by atoms with Gasteiger partial charge >= 0.3 is 0 Å². The molecule has 0 bridgehead atoms. The topological polar surface area (TPSA) is 38.3 Å². The molecular weight excluding hydrogens is 298 g/mol. The summed E-state index contributed by atoms with van der Waals surface area (Å²) in [6, 6.07) is 0.172. The fourth-order valence-corrected chi connectivity index (χ4v) is 7.75. The highest BCUT2D eigenvalue weighted by Crippen LogP contribution is 2.68. The number of rotatable bonds is 1. The van der Waals surface area contributed by atoms with Crippen LogP contribution in [-0.2, 0) is 9.53 Å². The lowest BCUT2D eigenvalue weighted by Gasteiger charge is -2.67. The predicted octanol–water partition coefficient (Wildman–Crippen LogP) is 4.16. The van der Waals surface area contributed by atoms with Crippen molar-refractivity contribution in [1.82, 2.24) is 5.32 Å². The smallest absolute Gasteiger partial charge is 0.220 e. The number of carbonyl (C=O) groups excluding carboxylic acids is 1. The van der Waals surface area contributed by atoms with Gasteiger partial charge in [0.1, 0.15) is 0 Å². The Labute approximate surface area is 147 Å². The molecule has 24 heavy (non-hydrogen) atoms. The van der Waals surface area contributed by atoms with Gasteiger partial charge in [-0.1, -0.05) is 34.1 Å². The Morgan fingerprint density at radius 2 is 1.79 bits per heavy atom. The Morgan fingerprint density at radius 1 is 1.04 bits per heavy atom. The minimum atomic E-state index is 0.116. The standard InChI is InChI=1S/C21H35NO2/c1-19(2)16-13-7-6-10-20(13,3)11-8-14(16)21(4)12-9-15(23)22-17(21)18(19)24-5/h13-14,16-18H,6-12H2,1-5H3,(H,22,23)/t13-,14+,16-,17?,18?,20-,21+/m0/s1. The molecule has 3 aliphatic carbocycles. The molecule has 0 aromatic heterocycles. The van der Waals surface area contributed by atoms with Gasteiger partial charge in [-0.3, -0.25) is 4.79 Å². The van der Waals surface area contributed by atoms with Gasteiger partial charge in [-0.05, 0) is 66.1 Å². The van der Waals surface area contributed by atoms with Crippen molar-refractivity contribution in [2.24, 2.45) is 34.0 Å². The van der Waals surface area contributed by atoms with Crippen molar-refractivity contribution in [3.05, 3.63) is 0 Å². The van der Waals surface area contributed by atoms with E-state index in [-0.39, 0.29) is 28.9 Å². The molecule has 3 heteroatoms. The van der Waals surface area contributed by atoms with E-state index in [1.54, 1.807) is 0 Å². The van der Waals surface area contributed by atoms with Crippen LogP contribution in [0.3, 0.4) is 0 Å². The van der Waals surface area contributed by atoms with E-state index < -0.39 is 0 Å². The molecule has 2 unspecified atom stereocenters. The SMILES string of the molecule is COC1C2NC(=O)CC[C@]2(C)[C@@H]2CC[C@]3(C)CCC[C@H]3[C@@H]2C1(C)C. The molecule has 136 valence electrons. The zero-order valence-electron chi connectivity index (χ0n) is 16.2. The number of nitrogens with one attached hydrogen (secondary N) is 1. The summed E-state index contributed by atoms with van der Waals surface area (Å²) in [6.07, 6.45) is 8.75. The van der Waals surface area contributed by atoms with E-state index in [9.17, 15) is 4.79 Å². The van der Waals surface area contributed by atoms with Crippen molar-refractivity contribution in [2.45, 2.75) is 84.8 Å². The second-order valence-corrected chi connectivity index (χ2v) is 10.4. The third-order valence-electron chi connectivity index (χ3n) is 8.97. The van der Waals surface area contributed by atoms with Gasteiger partial charge in [-0.15, -0.1) is 0 Å². The fraction of sp³-hybridized carbons (Fsp3) is 0.952. The van der Waals surface area contributed by atoms with E-state index in [1.165, 1.54) is 32.1 Å². The van der Waals surface area contributed by atoms with E-state index in [0.29, 0.717) is 11.8 Å². The van der Waals surface area contributed by atoms with Crippen molar-refractivity contribution in [1.29, 1.82) is 0 Å². The van der Waals surface area contributed by atoms with Gasteiger partial charge in [-0.25, -0.2) is 0 Å². The molecule has 3 saturated carbocycles. The highest BCUT2D eigenvalue weighted by atomic mass is 16.5. The maximum Gasteiger partial charge on any atom is 0.220 e. The van der Waals surface area contributed by atoms with Crippen LogP contribution in [0.25, 0.3) is 0 Å². The minimum absolute atomic E-state index is 0.116. The normalized spacial score (nSPS) is 52.9. The summed E-state index contributed by atoms with van der Waals surface area (Å²) < 4.78 is 6.11. The Morgan fingerprint density at radius 3 is 2.50 bits per heavy atom. The summed E-state index contributed by atoms with van der Waals surface area (Å²) in [6.45, 7) is 9.84. The first kappa shape index (κ1) is 16.9. The number of ether oxygens (including phenoxy) is 1. The van der Waals surface area contributed by atoms with Crippen molar-refractivity contribution in [3.8, 4) is 0 Å². The lowest BCUT2D eigenvalue weighted by atomic mass is 9.41. The van der Waals surface area contributed by atoms with Crippen LogP contribution in [0.2, 0.25) is 0 Å². The summed E-state index contributed by atoms with van der Waals surface area (Å²) in [7, 11) is 1.85. The number of piperidine rings is 1. The first-order chi connectivity index (χ1) is 11.2. The maximum absolute atomic E-state index is 12.2. The van der Waals surface area contributed by atoms with E-state index >= 15 is 0 Å². The van der Waals surface area contributed by atoms with Crippen molar-refractivity contribution in [3.63, 3.8) is 0 Å². The van der Waals surface area contributed by atoms with Crippen molar-refractivity contribution < 1.29 is 9.53 Å². The van der Waals surface area contributed by atoms with Crippen LogP contribution in [0.5, 0.6) is 0 Å². The van der Waals surface area contributed by atoms with Gasteiger partial charge in [0.25, 0.3) is 0 Å². The molecule has 1 aliphatic heterocycles. The summed E-state index contributed by atoms with van der Waals surface area (Å²) in [5, 5.41) is 3.35. The Hall–Kier alpha value is -0.570. The number of amides is 1. The Balaban J connectivity index is 1.80. The van der Waals surface area contributed by atoms with E-state index in [0.717, 1.165) is 24.2 Å². The molecule has 1 saturated heterocycles. The average Bonchev–Trinajstić information content (AvgIpc) is 2.91. The predicted molar refractivity (Wildman–Crippen MR) is 95.5 cm³/mol. The highest BCUT2D eigenvalue weighted by Gasteiger charge is 2.66. The quantitative estimate of drug-likeness (QED) is 0.782. The third kappa shape index (κ3) is 2.03. The molecular formula is C21H35NO2. The van der Waals surface area contributed by atoms with Gasteiger partial charge < -0.3 is 10.1 Å². The molecule has 0 radical (unpaired) electrons. The van der Waals surface area contributed by atoms with Crippen LogP contribution in [0, 0.1) is 34.0 Å². The number of fused-ring (bicyclic) bond motifs is 5. The summed E-state index contributed by atoms with van der Waals surface area (Å²) in [4.78, 5) is 12.2. The van der Waals surface area contributed by atoms with Crippen molar-refractivity contribution in [2.75, 3.05) is 7.11 Å². The van der Waals surface area contributed by atoms with Gasteiger partial charge in [0.05, 0.1) is 12.1 Å². The van der Waals surface area contributed by atoms with E-state index in [4.69, 9.17) is 4.74 Å². The first-order valence-electron chi connectivity index (χ1n) is 10.1. The zero-order chi connectivity index (χ0) is 17.3. The lowest BCUT2D eigenvalue weighted by Crippen LogP contribution is -2.71. The lowest BCUT2D eigenvalue weighted by molar-refractivity contribution is -0.208. The first-order valence-corrected chi connectivity index (χ1v) is 10.1. The maximum atomic E-state index is 12.2. The van der Waals surface area contributed by atoms with Crippen LogP contribution in [0.15, 0.2) is 0 Å². The molecule has 1 amide bonds. The second-order valence-electron chi connectivity index (χ2n) is 10.4. The molecule has 3 nitrogen and oxygen atoms in total. The number of hydrogen-bond donors (Lipinski definition) is 1. The van der Waals surface area contributed by atoms with Crippen LogP contribution < -0.4 is 5.32 Å². The number of methoxy groups -OCH3 is 1. The van der Waals surface area contributed by atoms with Crippen LogP contribution in [-0.4, -0.2) is 25.2 Å². The molecule has 4 aliphatic rings. The third-order valence-corrected chi connectivity index (χ3v) is 8.97. The van der Waals surface area contributed by atoms with E-state index in [2.05, 4.69) is 33.0 Å². The van der Waals surface area contributed by atoms with Crippen molar-refractivity contribution >= 4 is 5.91 Å². The largest absolute Gasteiger partial charge is 0.379 e. The molecule has 1 heterocycles. The molecule has 7 atom stereocenters. The zero-order valence-corrected chi connectivity index (χ0v) is 16.2. The number of carbonyl (C=O) groups is 1. The Kier molecular flexibility index (Phi) is 3.67. The molecule has 0 aromatic carbocycles. The summed E-state index contributed by atoms with van der Waals surface area (Å²) in [5.74, 6) is 2.50. The van der Waals surface area contributed by atoms with Gasteiger partial charge in [0.2, 0.25) is 5.91 Å². The molecule has 4 rings (SSSR count). The van der Waals surface area contributed by atoms with Crippen LogP contribution in [0.1, 0.15) is 72.6 Å². The second kappa shape index (κ2) is 5.22. The average molecular weight is 334 g/mol. The molecule has 0 spiro atoms. The Bertz CT molecular complexity index is 544. The van der Waals surface area contributed by atoms with Crippen LogP contribution >= 0.6 is 0 Å².